The second-order valence-electron chi connectivity index (χ2n) is 6.69. The van der Waals surface area contributed by atoms with Crippen LogP contribution < -0.4 is 0 Å². The van der Waals surface area contributed by atoms with Crippen LogP contribution in [0.2, 0.25) is 0 Å². The van der Waals surface area contributed by atoms with E-state index in [2.05, 4.69) is 6.58 Å². The first kappa shape index (κ1) is 14.1. The van der Waals surface area contributed by atoms with E-state index in [9.17, 15) is 19.5 Å². The third-order valence-corrected chi connectivity index (χ3v) is 4.86. The minimum Gasteiger partial charge on any atom is -0.481 e. The standard InChI is InChI=1S/C15H18O6/c1-8(2)11(16)21-15-4-9-3-14(7-15,13(18)19)5-10(6-15)20-12(9)17/h9-10H,1,3-7H2,2H3,(H,18,19). The number of rotatable bonds is 3. The maximum atomic E-state index is 12.0. The SMILES string of the molecule is C=C(C)C(=O)OC12CC3CC(C(=O)O)(CC(C1)C(=O)O3)C2. The average molecular weight is 294 g/mol. The zero-order valence-electron chi connectivity index (χ0n) is 11.9. The van der Waals surface area contributed by atoms with Gasteiger partial charge in [-0.15, -0.1) is 0 Å². The van der Waals surface area contributed by atoms with Gasteiger partial charge < -0.3 is 14.6 Å². The molecule has 2 heterocycles. The number of aliphatic carboxylic acids is 1. The number of fused-ring (bicyclic) bond motifs is 1. The summed E-state index contributed by atoms with van der Waals surface area (Å²) in [7, 11) is 0. The summed E-state index contributed by atoms with van der Waals surface area (Å²) in [6.45, 7) is 5.10. The molecule has 4 rings (SSSR count). The first-order valence-corrected chi connectivity index (χ1v) is 7.08. The average Bonchev–Trinajstić information content (AvgIpc) is 2.50. The lowest BCUT2D eigenvalue weighted by Gasteiger charge is -2.50. The number of esters is 2. The van der Waals surface area contributed by atoms with Crippen molar-refractivity contribution in [2.45, 2.75) is 50.7 Å². The van der Waals surface area contributed by atoms with Crippen molar-refractivity contribution in [3.63, 3.8) is 0 Å². The first-order valence-electron chi connectivity index (χ1n) is 7.08. The smallest absolute Gasteiger partial charge is 0.333 e. The third-order valence-electron chi connectivity index (χ3n) is 4.86. The summed E-state index contributed by atoms with van der Waals surface area (Å²) in [5.41, 5.74) is -1.69. The van der Waals surface area contributed by atoms with Crippen molar-refractivity contribution in [3.8, 4) is 0 Å². The highest BCUT2D eigenvalue weighted by Gasteiger charge is 2.63. The second-order valence-corrected chi connectivity index (χ2v) is 6.69. The highest BCUT2D eigenvalue weighted by Crippen LogP contribution is 2.57. The number of hydrogen-bond acceptors (Lipinski definition) is 5. The van der Waals surface area contributed by atoms with Crippen LogP contribution in [-0.4, -0.2) is 34.7 Å². The van der Waals surface area contributed by atoms with Crippen LogP contribution in [0.1, 0.15) is 39.0 Å². The lowest BCUT2D eigenvalue weighted by Crippen LogP contribution is -2.55. The quantitative estimate of drug-likeness (QED) is 0.625. The van der Waals surface area contributed by atoms with Crippen molar-refractivity contribution in [1.82, 2.24) is 0 Å². The summed E-state index contributed by atoms with van der Waals surface area (Å²) in [6.07, 6.45) is 1.05. The molecule has 0 radical (unpaired) electrons. The largest absolute Gasteiger partial charge is 0.481 e. The van der Waals surface area contributed by atoms with E-state index in [1.165, 1.54) is 0 Å². The molecule has 0 aromatic rings. The normalized spacial score (nSPS) is 40.3. The maximum Gasteiger partial charge on any atom is 0.333 e. The zero-order chi connectivity index (χ0) is 15.4. The molecular weight excluding hydrogens is 276 g/mol. The fourth-order valence-electron chi connectivity index (χ4n) is 4.15. The minimum absolute atomic E-state index is 0.248. The summed E-state index contributed by atoms with van der Waals surface area (Å²) in [4.78, 5) is 35.7. The highest BCUT2D eigenvalue weighted by atomic mass is 16.6. The summed E-state index contributed by atoms with van der Waals surface area (Å²) in [6, 6.07) is 0. The van der Waals surface area contributed by atoms with Crippen molar-refractivity contribution < 1.29 is 29.0 Å². The van der Waals surface area contributed by atoms with Gasteiger partial charge in [0.1, 0.15) is 11.7 Å². The van der Waals surface area contributed by atoms with Crippen LogP contribution in [0.3, 0.4) is 0 Å². The predicted molar refractivity (Wildman–Crippen MR) is 70.2 cm³/mol. The maximum absolute atomic E-state index is 12.0. The Kier molecular flexibility index (Phi) is 2.90. The number of ether oxygens (including phenoxy) is 2. The summed E-state index contributed by atoms with van der Waals surface area (Å²) in [5, 5.41) is 9.62. The fraction of sp³-hybridized carbons (Fsp3) is 0.667. The van der Waals surface area contributed by atoms with Crippen LogP contribution in [0.15, 0.2) is 12.2 Å². The van der Waals surface area contributed by atoms with Gasteiger partial charge in [0, 0.05) is 31.3 Å². The topological polar surface area (TPSA) is 89.9 Å². The molecule has 21 heavy (non-hydrogen) atoms. The molecule has 114 valence electrons. The molecule has 4 unspecified atom stereocenters. The summed E-state index contributed by atoms with van der Waals surface area (Å²) >= 11 is 0. The number of hydrogen-bond donors (Lipinski definition) is 1. The second kappa shape index (κ2) is 4.32. The van der Waals surface area contributed by atoms with Crippen LogP contribution in [0.5, 0.6) is 0 Å². The molecule has 6 nitrogen and oxygen atoms in total. The summed E-state index contributed by atoms with van der Waals surface area (Å²) in [5.74, 6) is -2.35. The number of carbonyl (C=O) groups excluding carboxylic acids is 2. The molecule has 0 spiro atoms. The number of carboxylic acid groups (broad SMARTS) is 1. The number of carbonyl (C=O) groups is 3. The van der Waals surface area contributed by atoms with E-state index >= 15 is 0 Å². The molecule has 0 amide bonds. The van der Waals surface area contributed by atoms with E-state index in [1.807, 2.05) is 0 Å². The minimum atomic E-state index is -1.03. The van der Waals surface area contributed by atoms with Gasteiger partial charge in [-0.3, -0.25) is 9.59 Å². The highest BCUT2D eigenvalue weighted by molar-refractivity contribution is 5.87. The monoisotopic (exact) mass is 294 g/mol. The molecular formula is C15H18O6. The number of carboxylic acids is 1. The molecule has 2 saturated heterocycles. The molecule has 1 N–H and O–H groups in total. The molecule has 2 aliphatic heterocycles. The van der Waals surface area contributed by atoms with Gasteiger partial charge >= 0.3 is 17.9 Å². The molecule has 4 bridgehead atoms. The fourth-order valence-corrected chi connectivity index (χ4v) is 4.15. The van der Waals surface area contributed by atoms with Gasteiger partial charge in [0.2, 0.25) is 0 Å². The van der Waals surface area contributed by atoms with Crippen molar-refractivity contribution in [3.05, 3.63) is 12.2 Å². The predicted octanol–water partition coefficient (Wildman–Crippen LogP) is 1.43. The van der Waals surface area contributed by atoms with Crippen LogP contribution in [-0.2, 0) is 23.9 Å². The van der Waals surface area contributed by atoms with E-state index in [-0.39, 0.29) is 24.4 Å². The Morgan fingerprint density at radius 2 is 2.05 bits per heavy atom. The van der Waals surface area contributed by atoms with E-state index in [0.717, 1.165) is 0 Å². The Labute approximate surface area is 122 Å². The molecule has 6 heteroatoms. The van der Waals surface area contributed by atoms with E-state index in [1.54, 1.807) is 6.92 Å². The van der Waals surface area contributed by atoms with Gasteiger partial charge in [0.25, 0.3) is 0 Å². The van der Waals surface area contributed by atoms with Gasteiger partial charge in [-0.05, 0) is 13.3 Å². The van der Waals surface area contributed by atoms with Crippen molar-refractivity contribution in [1.29, 1.82) is 0 Å². The Morgan fingerprint density at radius 3 is 2.67 bits per heavy atom. The Hall–Kier alpha value is -1.85. The van der Waals surface area contributed by atoms with Gasteiger partial charge in [0.05, 0.1) is 11.3 Å². The zero-order valence-corrected chi connectivity index (χ0v) is 11.9. The Balaban J connectivity index is 1.99. The van der Waals surface area contributed by atoms with Crippen LogP contribution in [0, 0.1) is 11.3 Å². The molecule has 4 aliphatic rings. The van der Waals surface area contributed by atoms with Crippen LogP contribution in [0.25, 0.3) is 0 Å². The molecule has 4 fully saturated rings. The van der Waals surface area contributed by atoms with E-state index < -0.39 is 35.0 Å². The lowest BCUT2D eigenvalue weighted by atomic mass is 9.57. The third kappa shape index (κ3) is 2.13. The molecule has 0 aromatic carbocycles. The van der Waals surface area contributed by atoms with E-state index in [4.69, 9.17) is 9.47 Å². The summed E-state index contributed by atoms with van der Waals surface area (Å²) < 4.78 is 10.9. The van der Waals surface area contributed by atoms with Crippen molar-refractivity contribution in [2.24, 2.45) is 11.3 Å². The van der Waals surface area contributed by atoms with Gasteiger partial charge in [-0.2, -0.15) is 0 Å². The Morgan fingerprint density at radius 1 is 1.33 bits per heavy atom. The van der Waals surface area contributed by atoms with Crippen molar-refractivity contribution >= 4 is 17.9 Å². The lowest BCUT2D eigenvalue weighted by molar-refractivity contribution is -0.189. The van der Waals surface area contributed by atoms with Crippen LogP contribution in [0.4, 0.5) is 0 Å². The molecule has 2 aliphatic carbocycles. The van der Waals surface area contributed by atoms with Gasteiger partial charge in [-0.1, -0.05) is 6.58 Å². The van der Waals surface area contributed by atoms with E-state index in [0.29, 0.717) is 19.3 Å². The van der Waals surface area contributed by atoms with Crippen LogP contribution >= 0.6 is 0 Å². The molecule has 2 saturated carbocycles. The van der Waals surface area contributed by atoms with Crippen molar-refractivity contribution in [2.75, 3.05) is 0 Å². The first-order chi connectivity index (χ1) is 9.75. The Bertz CT molecular complexity index is 552. The van der Waals surface area contributed by atoms with Gasteiger partial charge in [-0.25, -0.2) is 4.79 Å². The molecule has 4 atom stereocenters. The van der Waals surface area contributed by atoms with Gasteiger partial charge in [0.15, 0.2) is 0 Å². The molecule has 0 aromatic heterocycles.